The smallest absolute Gasteiger partial charge is 0.317 e. The van der Waals surface area contributed by atoms with Crippen molar-refractivity contribution in [2.24, 2.45) is 11.8 Å². The van der Waals surface area contributed by atoms with Gasteiger partial charge < -0.3 is 20.2 Å². The van der Waals surface area contributed by atoms with Crippen LogP contribution < -0.4 is 5.32 Å². The van der Waals surface area contributed by atoms with Crippen LogP contribution in [0.1, 0.15) is 24.9 Å². The molecule has 2 amide bonds. The number of piperidine rings is 1. The molecule has 0 aromatic heterocycles. The maximum atomic E-state index is 13.1. The molecule has 6 nitrogen and oxygen atoms in total. The SMILES string of the molecule is CC1CC(C(=O)O)CN(C(=O)NCC(c2ccc(F)cc2)N(C)C)C1. The van der Waals surface area contributed by atoms with Crippen LogP contribution in [0.25, 0.3) is 0 Å². The number of nitrogens with zero attached hydrogens (tertiary/aromatic N) is 2. The fourth-order valence-corrected chi connectivity index (χ4v) is 3.28. The Labute approximate surface area is 147 Å². The van der Waals surface area contributed by atoms with E-state index in [1.807, 2.05) is 25.9 Å². The maximum absolute atomic E-state index is 13.1. The van der Waals surface area contributed by atoms with Crippen LogP contribution >= 0.6 is 0 Å². The van der Waals surface area contributed by atoms with Gasteiger partial charge in [-0.15, -0.1) is 0 Å². The third-order valence-electron chi connectivity index (χ3n) is 4.62. The highest BCUT2D eigenvalue weighted by atomic mass is 19.1. The average molecular weight is 351 g/mol. The van der Waals surface area contributed by atoms with Gasteiger partial charge in [-0.25, -0.2) is 9.18 Å². The first kappa shape index (κ1) is 19.2. The van der Waals surface area contributed by atoms with Crippen molar-refractivity contribution in [2.75, 3.05) is 33.7 Å². The number of nitrogens with one attached hydrogen (secondary N) is 1. The summed E-state index contributed by atoms with van der Waals surface area (Å²) in [5.74, 6) is -1.52. The first-order chi connectivity index (χ1) is 11.8. The molecule has 0 spiro atoms. The van der Waals surface area contributed by atoms with Gasteiger partial charge in [0.1, 0.15) is 5.82 Å². The summed E-state index contributed by atoms with van der Waals surface area (Å²) in [6, 6.07) is 5.86. The molecular weight excluding hydrogens is 325 g/mol. The maximum Gasteiger partial charge on any atom is 0.317 e. The van der Waals surface area contributed by atoms with E-state index in [1.54, 1.807) is 17.0 Å². The Morgan fingerprint density at radius 3 is 2.52 bits per heavy atom. The zero-order valence-electron chi connectivity index (χ0n) is 14.9. The number of likely N-dealkylation sites (tertiary alicyclic amines) is 1. The molecule has 7 heteroatoms. The van der Waals surface area contributed by atoms with Gasteiger partial charge in [0.25, 0.3) is 0 Å². The second kappa shape index (κ2) is 8.29. The third-order valence-corrected chi connectivity index (χ3v) is 4.62. The van der Waals surface area contributed by atoms with E-state index in [2.05, 4.69) is 5.32 Å². The summed E-state index contributed by atoms with van der Waals surface area (Å²) in [6.07, 6.45) is 0.592. The molecule has 0 aliphatic carbocycles. The first-order valence-electron chi connectivity index (χ1n) is 8.45. The topological polar surface area (TPSA) is 72.9 Å². The lowest BCUT2D eigenvalue weighted by Crippen LogP contribution is -2.50. The van der Waals surface area contributed by atoms with Crippen LogP contribution in [-0.4, -0.2) is 60.6 Å². The number of carbonyl (C=O) groups is 2. The van der Waals surface area contributed by atoms with Gasteiger partial charge >= 0.3 is 12.0 Å². The first-order valence-corrected chi connectivity index (χ1v) is 8.45. The number of hydrogen-bond donors (Lipinski definition) is 2. The van der Waals surface area contributed by atoms with Crippen LogP contribution in [0, 0.1) is 17.7 Å². The second-order valence-corrected chi connectivity index (χ2v) is 7.00. The number of carboxylic acids is 1. The lowest BCUT2D eigenvalue weighted by molar-refractivity contribution is -0.143. The Kier molecular flexibility index (Phi) is 6.36. The summed E-state index contributed by atoms with van der Waals surface area (Å²) >= 11 is 0. The molecule has 2 N–H and O–H groups in total. The number of amides is 2. The van der Waals surface area contributed by atoms with E-state index in [0.717, 1.165) is 5.56 Å². The second-order valence-electron chi connectivity index (χ2n) is 7.00. The molecule has 0 bridgehead atoms. The van der Waals surface area contributed by atoms with Gasteiger partial charge in [-0.05, 0) is 44.1 Å². The van der Waals surface area contributed by atoms with E-state index >= 15 is 0 Å². The molecule has 3 atom stereocenters. The quantitative estimate of drug-likeness (QED) is 0.853. The van der Waals surface area contributed by atoms with Crippen molar-refractivity contribution in [3.63, 3.8) is 0 Å². The predicted molar refractivity (Wildman–Crippen MR) is 92.7 cm³/mol. The highest BCUT2D eigenvalue weighted by Gasteiger charge is 2.32. The predicted octanol–water partition coefficient (Wildman–Crippen LogP) is 2.18. The van der Waals surface area contributed by atoms with Crippen molar-refractivity contribution >= 4 is 12.0 Å². The summed E-state index contributed by atoms with van der Waals surface area (Å²) in [5, 5.41) is 12.1. The summed E-state index contributed by atoms with van der Waals surface area (Å²) in [7, 11) is 3.78. The minimum absolute atomic E-state index is 0.0953. The molecule has 1 aliphatic rings. The molecule has 0 saturated carbocycles. The Bertz CT molecular complexity index is 606. The van der Waals surface area contributed by atoms with Crippen LogP contribution in [0.2, 0.25) is 0 Å². The van der Waals surface area contributed by atoms with Gasteiger partial charge in [-0.3, -0.25) is 4.79 Å². The molecule has 1 aliphatic heterocycles. The van der Waals surface area contributed by atoms with E-state index in [0.29, 0.717) is 19.5 Å². The zero-order valence-corrected chi connectivity index (χ0v) is 14.9. The number of rotatable bonds is 5. The summed E-state index contributed by atoms with van der Waals surface area (Å²) in [5.41, 5.74) is 0.905. The number of hydrogen-bond acceptors (Lipinski definition) is 3. The van der Waals surface area contributed by atoms with Crippen molar-refractivity contribution in [1.82, 2.24) is 15.1 Å². The van der Waals surface area contributed by atoms with Gasteiger partial charge in [-0.2, -0.15) is 0 Å². The van der Waals surface area contributed by atoms with Crippen molar-refractivity contribution in [1.29, 1.82) is 0 Å². The van der Waals surface area contributed by atoms with Gasteiger partial charge in [0, 0.05) is 19.6 Å². The molecule has 2 rings (SSSR count). The Hall–Kier alpha value is -2.15. The fourth-order valence-electron chi connectivity index (χ4n) is 3.28. The number of aliphatic carboxylic acids is 1. The van der Waals surface area contributed by atoms with Crippen molar-refractivity contribution < 1.29 is 19.1 Å². The van der Waals surface area contributed by atoms with Gasteiger partial charge in [0.15, 0.2) is 0 Å². The number of likely N-dealkylation sites (N-methyl/N-ethyl adjacent to an activating group) is 1. The molecule has 138 valence electrons. The highest BCUT2D eigenvalue weighted by Crippen LogP contribution is 2.22. The van der Waals surface area contributed by atoms with Crippen LogP contribution in [0.3, 0.4) is 0 Å². The fraction of sp³-hybridized carbons (Fsp3) is 0.556. The van der Waals surface area contributed by atoms with Crippen molar-refractivity contribution in [3.8, 4) is 0 Å². The Morgan fingerprint density at radius 2 is 1.96 bits per heavy atom. The Morgan fingerprint density at radius 1 is 1.32 bits per heavy atom. The summed E-state index contributed by atoms with van der Waals surface area (Å²) in [6.45, 7) is 3.10. The molecule has 25 heavy (non-hydrogen) atoms. The minimum Gasteiger partial charge on any atom is -0.481 e. The van der Waals surface area contributed by atoms with E-state index in [1.165, 1.54) is 12.1 Å². The van der Waals surface area contributed by atoms with Gasteiger partial charge in [0.05, 0.1) is 12.0 Å². The van der Waals surface area contributed by atoms with Crippen molar-refractivity contribution in [3.05, 3.63) is 35.6 Å². The largest absolute Gasteiger partial charge is 0.481 e. The number of halogens is 1. The van der Waals surface area contributed by atoms with E-state index in [9.17, 15) is 19.1 Å². The standard InChI is InChI=1S/C18H26FN3O3/c1-12-8-14(17(23)24)11-22(10-12)18(25)20-9-16(21(2)3)13-4-6-15(19)7-5-13/h4-7,12,14,16H,8-11H2,1-3H3,(H,20,25)(H,23,24). The number of carboxylic acid groups (broad SMARTS) is 1. The molecule has 1 aromatic carbocycles. The summed E-state index contributed by atoms with van der Waals surface area (Å²) < 4.78 is 13.1. The Balaban J connectivity index is 1.98. The van der Waals surface area contributed by atoms with Crippen LogP contribution in [0.5, 0.6) is 0 Å². The lowest BCUT2D eigenvalue weighted by Gasteiger charge is -2.35. The van der Waals surface area contributed by atoms with Crippen LogP contribution in [0.15, 0.2) is 24.3 Å². The number of benzene rings is 1. The number of urea groups is 1. The third kappa shape index (κ3) is 5.16. The van der Waals surface area contributed by atoms with Crippen LogP contribution in [0.4, 0.5) is 9.18 Å². The van der Waals surface area contributed by atoms with Gasteiger partial charge in [-0.1, -0.05) is 19.1 Å². The molecule has 0 radical (unpaired) electrons. The normalized spacial score (nSPS) is 21.9. The highest BCUT2D eigenvalue weighted by molar-refractivity contribution is 5.76. The molecule has 3 unspecified atom stereocenters. The zero-order chi connectivity index (χ0) is 18.6. The minimum atomic E-state index is -0.859. The van der Waals surface area contributed by atoms with Crippen LogP contribution in [-0.2, 0) is 4.79 Å². The van der Waals surface area contributed by atoms with Gasteiger partial charge in [0.2, 0.25) is 0 Å². The molecular formula is C18H26FN3O3. The number of carbonyl (C=O) groups excluding carboxylic acids is 1. The monoisotopic (exact) mass is 351 g/mol. The molecule has 1 heterocycles. The molecule has 1 aromatic rings. The molecule has 1 fully saturated rings. The van der Waals surface area contributed by atoms with Crippen molar-refractivity contribution in [2.45, 2.75) is 19.4 Å². The summed E-state index contributed by atoms with van der Waals surface area (Å²) in [4.78, 5) is 27.2. The molecule has 1 saturated heterocycles. The lowest BCUT2D eigenvalue weighted by atomic mass is 9.91. The average Bonchev–Trinajstić information content (AvgIpc) is 2.55. The van der Waals surface area contributed by atoms with E-state index in [4.69, 9.17) is 0 Å². The van der Waals surface area contributed by atoms with E-state index in [-0.39, 0.29) is 30.4 Å². The van der Waals surface area contributed by atoms with E-state index < -0.39 is 11.9 Å².